The Bertz CT molecular complexity index is 946. The molecule has 1 atom stereocenters. The molecule has 0 radical (unpaired) electrons. The van der Waals surface area contributed by atoms with Crippen molar-refractivity contribution in [3.8, 4) is 0 Å². The van der Waals surface area contributed by atoms with E-state index in [1.165, 1.54) is 12.1 Å². The largest absolute Gasteiger partial charge is 0.333 e. The Labute approximate surface area is 172 Å². The summed E-state index contributed by atoms with van der Waals surface area (Å²) in [7, 11) is -3.71. The summed E-state index contributed by atoms with van der Waals surface area (Å²) < 4.78 is 27.8. The summed E-state index contributed by atoms with van der Waals surface area (Å²) in [6.07, 6.45) is 0. The molecule has 0 bridgehead atoms. The van der Waals surface area contributed by atoms with Crippen molar-refractivity contribution >= 4 is 34.0 Å². The molecule has 28 heavy (non-hydrogen) atoms. The fourth-order valence-electron chi connectivity index (χ4n) is 3.10. The van der Waals surface area contributed by atoms with Gasteiger partial charge < -0.3 is 10.2 Å². The van der Waals surface area contributed by atoms with E-state index < -0.39 is 10.0 Å². The maximum atomic E-state index is 12.7. The Balaban J connectivity index is 0.00000280. The van der Waals surface area contributed by atoms with Crippen LogP contribution in [0.15, 0.2) is 47.4 Å². The fourth-order valence-corrected chi connectivity index (χ4v) is 4.15. The second kappa shape index (κ2) is 8.94. The maximum absolute atomic E-state index is 12.7. The van der Waals surface area contributed by atoms with E-state index in [2.05, 4.69) is 10.0 Å². The predicted octanol–water partition coefficient (Wildman–Crippen LogP) is 2.96. The van der Waals surface area contributed by atoms with E-state index in [-0.39, 0.29) is 29.3 Å². The molecule has 2 aromatic rings. The van der Waals surface area contributed by atoms with Gasteiger partial charge in [0, 0.05) is 36.9 Å². The number of nitrogens with zero attached hydrogens (tertiary/aromatic N) is 1. The number of halogens is 1. The highest BCUT2D eigenvalue weighted by molar-refractivity contribution is 7.92. The molecule has 1 saturated heterocycles. The van der Waals surface area contributed by atoms with Crippen LogP contribution in [0.1, 0.15) is 28.4 Å². The van der Waals surface area contributed by atoms with Crippen LogP contribution in [-0.2, 0) is 10.0 Å². The van der Waals surface area contributed by atoms with Crippen molar-refractivity contribution in [1.29, 1.82) is 0 Å². The molecular weight excluding hydrogens is 398 g/mol. The second-order valence-electron chi connectivity index (χ2n) is 6.98. The third-order valence-electron chi connectivity index (χ3n) is 4.93. The van der Waals surface area contributed by atoms with E-state index in [4.69, 9.17) is 0 Å². The molecule has 1 aliphatic heterocycles. The predicted molar refractivity (Wildman–Crippen MR) is 114 cm³/mol. The Hall–Kier alpha value is -2.09. The quantitative estimate of drug-likeness (QED) is 0.792. The molecule has 1 heterocycles. The summed E-state index contributed by atoms with van der Waals surface area (Å²) in [6, 6.07) is 11.6. The van der Waals surface area contributed by atoms with E-state index in [1.807, 2.05) is 31.7 Å². The molecule has 0 spiro atoms. The molecule has 0 saturated carbocycles. The molecule has 0 aliphatic carbocycles. The third-order valence-corrected chi connectivity index (χ3v) is 6.33. The van der Waals surface area contributed by atoms with E-state index in [0.717, 1.165) is 24.2 Å². The zero-order chi connectivity index (χ0) is 19.6. The summed E-state index contributed by atoms with van der Waals surface area (Å²) in [5.74, 6) is -0.0740. The maximum Gasteiger partial charge on any atom is 0.261 e. The van der Waals surface area contributed by atoms with E-state index in [0.29, 0.717) is 17.8 Å². The van der Waals surface area contributed by atoms with Crippen molar-refractivity contribution in [2.24, 2.45) is 0 Å². The van der Waals surface area contributed by atoms with Crippen LogP contribution < -0.4 is 10.0 Å². The van der Waals surface area contributed by atoms with E-state index in [9.17, 15) is 13.2 Å². The fraction of sp³-hybridized carbons (Fsp3) is 0.350. The van der Waals surface area contributed by atoms with Crippen molar-refractivity contribution in [2.75, 3.05) is 24.4 Å². The highest BCUT2D eigenvalue weighted by Gasteiger charge is 2.24. The minimum absolute atomic E-state index is 0. The summed E-state index contributed by atoms with van der Waals surface area (Å²) in [4.78, 5) is 14.6. The number of piperazine rings is 1. The molecule has 1 unspecified atom stereocenters. The zero-order valence-electron chi connectivity index (χ0n) is 16.2. The lowest BCUT2D eigenvalue weighted by Gasteiger charge is -2.34. The van der Waals surface area contributed by atoms with Gasteiger partial charge in [-0.15, -0.1) is 12.4 Å². The van der Waals surface area contributed by atoms with E-state index >= 15 is 0 Å². The highest BCUT2D eigenvalue weighted by Crippen LogP contribution is 2.20. The Morgan fingerprint density at radius 1 is 1.11 bits per heavy atom. The van der Waals surface area contributed by atoms with Gasteiger partial charge in [-0.05, 0) is 68.3 Å². The van der Waals surface area contributed by atoms with Gasteiger partial charge in [0.25, 0.3) is 15.9 Å². The number of aryl methyl sites for hydroxylation is 2. The second-order valence-corrected chi connectivity index (χ2v) is 8.66. The summed E-state index contributed by atoms with van der Waals surface area (Å²) in [6.45, 7) is 8.08. The molecule has 1 fully saturated rings. The number of carbonyl (C=O) groups is 1. The Kier molecular flexibility index (Phi) is 7.09. The van der Waals surface area contributed by atoms with Gasteiger partial charge in [0.2, 0.25) is 0 Å². The summed E-state index contributed by atoms with van der Waals surface area (Å²) in [5, 5.41) is 3.25. The Morgan fingerprint density at radius 2 is 1.79 bits per heavy atom. The summed E-state index contributed by atoms with van der Waals surface area (Å²) in [5.41, 5.74) is 3.13. The molecule has 2 aromatic carbocycles. The van der Waals surface area contributed by atoms with Crippen LogP contribution in [-0.4, -0.2) is 44.9 Å². The van der Waals surface area contributed by atoms with Crippen LogP contribution in [0.4, 0.5) is 5.69 Å². The number of amides is 1. The number of benzene rings is 2. The highest BCUT2D eigenvalue weighted by atomic mass is 35.5. The van der Waals surface area contributed by atoms with Crippen molar-refractivity contribution in [3.05, 3.63) is 59.2 Å². The van der Waals surface area contributed by atoms with Gasteiger partial charge in [-0.25, -0.2) is 8.42 Å². The lowest BCUT2D eigenvalue weighted by atomic mass is 10.1. The molecule has 8 heteroatoms. The molecule has 1 aliphatic rings. The van der Waals surface area contributed by atoms with Crippen LogP contribution in [0.2, 0.25) is 0 Å². The molecule has 2 N–H and O–H groups in total. The first-order valence-corrected chi connectivity index (χ1v) is 10.5. The third kappa shape index (κ3) is 4.84. The number of hydrogen-bond acceptors (Lipinski definition) is 4. The normalized spacial score (nSPS) is 17.0. The van der Waals surface area contributed by atoms with Gasteiger partial charge in [0.1, 0.15) is 0 Å². The average Bonchev–Trinajstić information content (AvgIpc) is 2.64. The number of nitrogens with one attached hydrogen (secondary N) is 2. The van der Waals surface area contributed by atoms with Crippen LogP contribution in [0.3, 0.4) is 0 Å². The van der Waals surface area contributed by atoms with E-state index in [1.54, 1.807) is 24.3 Å². The van der Waals surface area contributed by atoms with Gasteiger partial charge >= 0.3 is 0 Å². The minimum Gasteiger partial charge on any atom is -0.333 e. The monoisotopic (exact) mass is 423 g/mol. The first kappa shape index (κ1) is 22.2. The lowest BCUT2D eigenvalue weighted by Crippen LogP contribution is -2.52. The molecule has 152 valence electrons. The first-order chi connectivity index (χ1) is 12.8. The van der Waals surface area contributed by atoms with Gasteiger partial charge in [-0.1, -0.05) is 6.07 Å². The summed E-state index contributed by atoms with van der Waals surface area (Å²) >= 11 is 0. The average molecular weight is 424 g/mol. The topological polar surface area (TPSA) is 78.5 Å². The molecule has 0 aromatic heterocycles. The Morgan fingerprint density at radius 3 is 2.39 bits per heavy atom. The number of anilines is 1. The first-order valence-electron chi connectivity index (χ1n) is 9.00. The van der Waals surface area contributed by atoms with Gasteiger partial charge in [0.15, 0.2) is 0 Å². The SMILES string of the molecule is Cc1ccc(NS(=O)(=O)c2ccc(C(=O)N3CCNCC3C)cc2)cc1C.Cl. The van der Waals surface area contributed by atoms with Crippen molar-refractivity contribution in [2.45, 2.75) is 31.7 Å². The number of rotatable bonds is 4. The molecule has 1 amide bonds. The lowest BCUT2D eigenvalue weighted by molar-refractivity contribution is 0.0655. The van der Waals surface area contributed by atoms with Gasteiger partial charge in [0.05, 0.1) is 4.90 Å². The minimum atomic E-state index is -3.71. The number of carbonyl (C=O) groups excluding carboxylic acids is 1. The van der Waals surface area contributed by atoms with Crippen molar-refractivity contribution in [3.63, 3.8) is 0 Å². The smallest absolute Gasteiger partial charge is 0.261 e. The van der Waals surface area contributed by atoms with Crippen LogP contribution in [0.25, 0.3) is 0 Å². The van der Waals surface area contributed by atoms with Crippen molar-refractivity contribution < 1.29 is 13.2 Å². The molecular formula is C20H26ClN3O3S. The van der Waals surface area contributed by atoms with Crippen LogP contribution in [0.5, 0.6) is 0 Å². The van der Waals surface area contributed by atoms with Gasteiger partial charge in [-0.2, -0.15) is 0 Å². The van der Waals surface area contributed by atoms with Crippen LogP contribution in [0, 0.1) is 13.8 Å². The molecule has 6 nitrogen and oxygen atoms in total. The number of sulfonamides is 1. The number of hydrogen-bond donors (Lipinski definition) is 2. The van der Waals surface area contributed by atoms with Crippen LogP contribution >= 0.6 is 12.4 Å². The van der Waals surface area contributed by atoms with Crippen molar-refractivity contribution in [1.82, 2.24) is 10.2 Å². The standard InChI is InChI=1S/C20H25N3O3S.ClH/c1-14-4-7-18(12-15(14)2)22-27(25,26)19-8-5-17(6-9-19)20(24)23-11-10-21-13-16(23)3;/h4-9,12,16,21-22H,10-11,13H2,1-3H3;1H. The zero-order valence-corrected chi connectivity index (χ0v) is 17.9. The van der Waals surface area contributed by atoms with Gasteiger partial charge in [-0.3, -0.25) is 9.52 Å². The molecule has 3 rings (SSSR count).